The fraction of sp³-hybridized carbons (Fsp3) is 0.464. The Balaban J connectivity index is 1.52. The molecular weight excluding hydrogens is 424 g/mol. The lowest BCUT2D eigenvalue weighted by atomic mass is 9.91. The van der Waals surface area contributed by atoms with Gasteiger partial charge in [-0.15, -0.1) is 0 Å². The van der Waals surface area contributed by atoms with Gasteiger partial charge in [0.1, 0.15) is 5.54 Å². The molecule has 6 nitrogen and oxygen atoms in total. The number of nitrogens with zero attached hydrogens (tertiary/aromatic N) is 3. The van der Waals surface area contributed by atoms with Gasteiger partial charge in [0, 0.05) is 12.6 Å². The molecule has 1 atom stereocenters. The van der Waals surface area contributed by atoms with Crippen LogP contribution in [0.25, 0.3) is 11.0 Å². The Labute approximate surface area is 201 Å². The molecule has 0 spiro atoms. The highest BCUT2D eigenvalue weighted by atomic mass is 16.2. The standard InChI is InChI=1S/C28H34N4O2/c1-20-12-8-9-13-21(20)18-32-26(33)25-30-23-16-10-11-17-24(23)31(25)19-28(32,2)27(34)29-22-14-6-4-3-5-7-15-22/h8-13,16-17,22H,3-7,14-15,18-19H2,1-2H3,(H,29,34)/t28-/m0/s1. The third-order valence-electron chi connectivity index (χ3n) is 7.67. The van der Waals surface area contributed by atoms with Crippen molar-refractivity contribution in [2.75, 3.05) is 0 Å². The van der Waals surface area contributed by atoms with Gasteiger partial charge in [-0.2, -0.15) is 0 Å². The minimum Gasteiger partial charge on any atom is -0.351 e. The van der Waals surface area contributed by atoms with Crippen LogP contribution in [0, 0.1) is 6.92 Å². The van der Waals surface area contributed by atoms with E-state index in [1.807, 2.05) is 66.9 Å². The number of fused-ring (bicyclic) bond motifs is 3. The Hall–Kier alpha value is -3.15. The van der Waals surface area contributed by atoms with E-state index >= 15 is 0 Å². The second-order valence-electron chi connectivity index (χ2n) is 10.1. The zero-order chi connectivity index (χ0) is 23.7. The smallest absolute Gasteiger partial charge is 0.291 e. The molecular formula is C28H34N4O2. The average molecular weight is 459 g/mol. The Morgan fingerprint density at radius 2 is 1.71 bits per heavy atom. The number of amides is 2. The second-order valence-corrected chi connectivity index (χ2v) is 10.1. The number of aromatic nitrogens is 2. The monoisotopic (exact) mass is 458 g/mol. The van der Waals surface area contributed by atoms with Gasteiger partial charge in [0.15, 0.2) is 5.82 Å². The fourth-order valence-electron chi connectivity index (χ4n) is 5.48. The highest BCUT2D eigenvalue weighted by molar-refractivity contribution is 6.01. The van der Waals surface area contributed by atoms with Gasteiger partial charge in [0.25, 0.3) is 5.91 Å². The first-order chi connectivity index (χ1) is 16.5. The van der Waals surface area contributed by atoms with E-state index in [4.69, 9.17) is 0 Å². The fourth-order valence-corrected chi connectivity index (χ4v) is 5.48. The van der Waals surface area contributed by atoms with Gasteiger partial charge in [-0.3, -0.25) is 9.59 Å². The molecule has 2 heterocycles. The molecule has 1 N–H and O–H groups in total. The quantitative estimate of drug-likeness (QED) is 0.599. The molecule has 2 amide bonds. The van der Waals surface area contributed by atoms with Crippen molar-refractivity contribution < 1.29 is 9.59 Å². The van der Waals surface area contributed by atoms with Crippen LogP contribution in [0.1, 0.15) is 73.6 Å². The third kappa shape index (κ3) is 4.10. The number of hydrogen-bond acceptors (Lipinski definition) is 3. The van der Waals surface area contributed by atoms with E-state index in [0.29, 0.717) is 18.9 Å². The first-order valence-corrected chi connectivity index (χ1v) is 12.6. The summed E-state index contributed by atoms with van der Waals surface area (Å²) in [6, 6.07) is 16.0. The topological polar surface area (TPSA) is 67.2 Å². The van der Waals surface area contributed by atoms with Crippen LogP contribution < -0.4 is 5.32 Å². The Bertz CT molecular complexity index is 1210. The normalized spacial score (nSPS) is 21.7. The molecule has 2 aromatic carbocycles. The molecule has 5 rings (SSSR count). The summed E-state index contributed by atoms with van der Waals surface area (Å²) in [4.78, 5) is 34.2. The first kappa shape index (κ1) is 22.6. The molecule has 0 bridgehead atoms. The zero-order valence-corrected chi connectivity index (χ0v) is 20.2. The predicted molar refractivity (Wildman–Crippen MR) is 133 cm³/mol. The molecule has 1 fully saturated rings. The summed E-state index contributed by atoms with van der Waals surface area (Å²) in [6.07, 6.45) is 8.04. The van der Waals surface area contributed by atoms with Crippen LogP contribution in [0.5, 0.6) is 0 Å². The van der Waals surface area contributed by atoms with Crippen LogP contribution in [0.2, 0.25) is 0 Å². The van der Waals surface area contributed by atoms with Crippen LogP contribution in [0.4, 0.5) is 0 Å². The van der Waals surface area contributed by atoms with Crippen molar-refractivity contribution in [1.29, 1.82) is 0 Å². The molecule has 3 aromatic rings. The molecule has 0 radical (unpaired) electrons. The Morgan fingerprint density at radius 3 is 2.47 bits per heavy atom. The maximum Gasteiger partial charge on any atom is 0.291 e. The molecule has 34 heavy (non-hydrogen) atoms. The Kier molecular flexibility index (Phi) is 6.15. The van der Waals surface area contributed by atoms with Gasteiger partial charge >= 0.3 is 0 Å². The Morgan fingerprint density at radius 1 is 1.03 bits per heavy atom. The number of carbonyl (C=O) groups is 2. The summed E-state index contributed by atoms with van der Waals surface area (Å²) in [5.41, 5.74) is 2.82. The number of carbonyl (C=O) groups excluding carboxylic acids is 2. The van der Waals surface area contributed by atoms with E-state index in [9.17, 15) is 9.59 Å². The number of imidazole rings is 1. The molecule has 6 heteroatoms. The molecule has 0 saturated heterocycles. The minimum atomic E-state index is -1.02. The molecule has 2 aliphatic rings. The van der Waals surface area contributed by atoms with Gasteiger partial charge in [0.05, 0.1) is 17.6 Å². The second kappa shape index (κ2) is 9.24. The average Bonchev–Trinajstić information content (AvgIpc) is 3.18. The summed E-state index contributed by atoms with van der Waals surface area (Å²) in [7, 11) is 0. The maximum absolute atomic E-state index is 13.9. The maximum atomic E-state index is 13.9. The highest BCUT2D eigenvalue weighted by Gasteiger charge is 2.48. The van der Waals surface area contributed by atoms with Crippen LogP contribution in [0.15, 0.2) is 48.5 Å². The summed E-state index contributed by atoms with van der Waals surface area (Å²) < 4.78 is 1.93. The number of benzene rings is 2. The number of hydrogen-bond donors (Lipinski definition) is 1. The molecule has 1 aliphatic carbocycles. The summed E-state index contributed by atoms with van der Waals surface area (Å²) in [6.45, 7) is 4.73. The number of rotatable bonds is 4. The van der Waals surface area contributed by atoms with Crippen molar-refractivity contribution >= 4 is 22.8 Å². The van der Waals surface area contributed by atoms with Crippen LogP contribution in [0.3, 0.4) is 0 Å². The SMILES string of the molecule is Cc1ccccc1CN1C(=O)c2nc3ccccc3n2C[C@@]1(C)C(=O)NC1CCCCCCC1. The minimum absolute atomic E-state index is 0.0663. The van der Waals surface area contributed by atoms with E-state index in [1.54, 1.807) is 4.90 Å². The van der Waals surface area contributed by atoms with Gasteiger partial charge in [-0.25, -0.2) is 4.98 Å². The van der Waals surface area contributed by atoms with Crippen molar-refractivity contribution in [2.24, 2.45) is 0 Å². The van der Waals surface area contributed by atoms with E-state index < -0.39 is 5.54 Å². The van der Waals surface area contributed by atoms with Gasteiger partial charge < -0.3 is 14.8 Å². The molecule has 1 saturated carbocycles. The van der Waals surface area contributed by atoms with Gasteiger partial charge in [0.2, 0.25) is 5.91 Å². The summed E-state index contributed by atoms with van der Waals surface area (Å²) in [5, 5.41) is 3.35. The van der Waals surface area contributed by atoms with Crippen LogP contribution in [-0.2, 0) is 17.9 Å². The third-order valence-corrected chi connectivity index (χ3v) is 7.67. The lowest BCUT2D eigenvalue weighted by molar-refractivity contribution is -0.134. The lowest BCUT2D eigenvalue weighted by Gasteiger charge is -2.44. The largest absolute Gasteiger partial charge is 0.351 e. The lowest BCUT2D eigenvalue weighted by Crippen LogP contribution is -2.64. The molecule has 1 aliphatic heterocycles. The van der Waals surface area contributed by atoms with E-state index in [1.165, 1.54) is 19.3 Å². The molecule has 178 valence electrons. The zero-order valence-electron chi connectivity index (χ0n) is 20.2. The van der Waals surface area contributed by atoms with E-state index in [0.717, 1.165) is 47.8 Å². The van der Waals surface area contributed by atoms with Crippen molar-refractivity contribution in [3.8, 4) is 0 Å². The summed E-state index contributed by atoms with van der Waals surface area (Å²) in [5.74, 6) is 0.149. The van der Waals surface area contributed by atoms with Crippen molar-refractivity contribution in [2.45, 2.75) is 83.5 Å². The van der Waals surface area contributed by atoms with Gasteiger partial charge in [-0.05, 0) is 49.9 Å². The van der Waals surface area contributed by atoms with Gasteiger partial charge in [-0.1, -0.05) is 68.5 Å². The number of para-hydroxylation sites is 2. The van der Waals surface area contributed by atoms with E-state index in [-0.39, 0.29) is 17.9 Å². The summed E-state index contributed by atoms with van der Waals surface area (Å²) >= 11 is 0. The predicted octanol–water partition coefficient (Wildman–Crippen LogP) is 4.99. The van der Waals surface area contributed by atoms with Crippen molar-refractivity contribution in [3.63, 3.8) is 0 Å². The number of nitrogens with one attached hydrogen (secondary N) is 1. The van der Waals surface area contributed by atoms with Crippen molar-refractivity contribution in [1.82, 2.24) is 19.8 Å². The first-order valence-electron chi connectivity index (χ1n) is 12.6. The van der Waals surface area contributed by atoms with Crippen LogP contribution in [-0.4, -0.2) is 37.8 Å². The molecule has 1 aromatic heterocycles. The van der Waals surface area contributed by atoms with Crippen molar-refractivity contribution in [3.05, 3.63) is 65.5 Å². The number of aryl methyl sites for hydroxylation is 1. The van der Waals surface area contributed by atoms with E-state index in [2.05, 4.69) is 10.3 Å². The van der Waals surface area contributed by atoms with Crippen LogP contribution >= 0.6 is 0 Å². The highest BCUT2D eigenvalue weighted by Crippen LogP contribution is 2.33. The molecule has 0 unspecified atom stereocenters.